The van der Waals surface area contributed by atoms with Gasteiger partial charge >= 0.3 is 0 Å². The lowest BCUT2D eigenvalue weighted by Gasteiger charge is -2.15. The van der Waals surface area contributed by atoms with Gasteiger partial charge in [-0.2, -0.15) is 0 Å². The Labute approximate surface area is 173 Å². The van der Waals surface area contributed by atoms with E-state index < -0.39 is 0 Å². The number of carbonyl (C=O) groups excluding carboxylic acids is 1. The van der Waals surface area contributed by atoms with Crippen molar-refractivity contribution >= 4 is 35.1 Å². The number of thioether (sulfide) groups is 2. The third kappa shape index (κ3) is 4.99. The Balaban J connectivity index is 1.62. The summed E-state index contributed by atoms with van der Waals surface area (Å²) in [4.78, 5) is 12.3. The molecule has 3 rings (SSSR count). The van der Waals surface area contributed by atoms with Crippen molar-refractivity contribution in [3.63, 3.8) is 0 Å². The highest BCUT2D eigenvalue weighted by Gasteiger charge is 2.20. The monoisotopic (exact) mass is 421 g/mol. The molecule has 1 saturated heterocycles. The second-order valence-electron chi connectivity index (χ2n) is 5.89. The minimum absolute atomic E-state index is 0.141. The van der Waals surface area contributed by atoms with Crippen LogP contribution in [-0.4, -0.2) is 45.3 Å². The topological polar surface area (TPSA) is 66.0 Å². The summed E-state index contributed by atoms with van der Waals surface area (Å²) in [5.41, 5.74) is 1.75. The summed E-state index contributed by atoms with van der Waals surface area (Å²) < 4.78 is 22.0. The molecule has 28 heavy (non-hydrogen) atoms. The predicted molar refractivity (Wildman–Crippen MR) is 114 cm³/mol. The molecule has 0 spiro atoms. The largest absolute Gasteiger partial charge is 0.497 e. The average molecular weight is 422 g/mol. The third-order valence-corrected chi connectivity index (χ3v) is 7.23. The molecule has 0 bridgehead atoms. The van der Waals surface area contributed by atoms with Crippen LogP contribution < -0.4 is 24.3 Å². The van der Waals surface area contributed by atoms with Crippen LogP contribution in [0.5, 0.6) is 23.0 Å². The van der Waals surface area contributed by atoms with Gasteiger partial charge in [0.15, 0.2) is 18.1 Å². The number of carbonyl (C=O) groups is 1. The van der Waals surface area contributed by atoms with E-state index in [0.717, 1.165) is 11.5 Å². The van der Waals surface area contributed by atoms with Crippen LogP contribution in [-0.2, 0) is 4.79 Å². The van der Waals surface area contributed by atoms with Crippen LogP contribution in [0.4, 0.5) is 5.69 Å². The number of nitrogens with one attached hydrogen (secondary N) is 1. The van der Waals surface area contributed by atoms with E-state index in [4.69, 9.17) is 18.9 Å². The quantitative estimate of drug-likeness (QED) is 0.685. The first-order chi connectivity index (χ1) is 13.6. The zero-order valence-corrected chi connectivity index (χ0v) is 17.7. The van der Waals surface area contributed by atoms with E-state index in [1.165, 1.54) is 12.7 Å². The van der Waals surface area contributed by atoms with Gasteiger partial charge in [-0.15, -0.1) is 23.5 Å². The van der Waals surface area contributed by atoms with Gasteiger partial charge in [0.05, 0.1) is 31.6 Å². The highest BCUT2D eigenvalue weighted by molar-refractivity contribution is 8.19. The SMILES string of the molecule is COc1ccc(NC(=O)COc2ccc(C3SCCS3)cc2OC)c(OC)c1. The third-order valence-electron chi connectivity index (χ3n) is 4.12. The van der Waals surface area contributed by atoms with Gasteiger partial charge < -0.3 is 24.3 Å². The van der Waals surface area contributed by atoms with Crippen molar-refractivity contribution in [1.82, 2.24) is 0 Å². The fourth-order valence-electron chi connectivity index (χ4n) is 2.73. The summed E-state index contributed by atoms with van der Waals surface area (Å²) in [5, 5.41) is 2.78. The smallest absolute Gasteiger partial charge is 0.262 e. The number of hydrogen-bond acceptors (Lipinski definition) is 7. The Morgan fingerprint density at radius 3 is 2.39 bits per heavy atom. The number of anilines is 1. The Morgan fingerprint density at radius 1 is 0.964 bits per heavy atom. The van der Waals surface area contributed by atoms with Gasteiger partial charge in [-0.05, 0) is 29.8 Å². The minimum atomic E-state index is -0.295. The minimum Gasteiger partial charge on any atom is -0.497 e. The first-order valence-electron chi connectivity index (χ1n) is 8.70. The Morgan fingerprint density at radius 2 is 1.71 bits per heavy atom. The van der Waals surface area contributed by atoms with Gasteiger partial charge in [0.1, 0.15) is 11.5 Å². The second kappa shape index (κ2) is 9.84. The maximum Gasteiger partial charge on any atom is 0.262 e. The van der Waals surface area contributed by atoms with Crippen LogP contribution in [0.25, 0.3) is 0 Å². The van der Waals surface area contributed by atoms with Crippen molar-refractivity contribution in [2.24, 2.45) is 0 Å². The summed E-state index contributed by atoms with van der Waals surface area (Å²) in [7, 11) is 4.71. The number of methoxy groups -OCH3 is 3. The molecule has 2 aromatic rings. The Bertz CT molecular complexity index is 824. The van der Waals surface area contributed by atoms with Crippen molar-refractivity contribution in [3.05, 3.63) is 42.0 Å². The zero-order valence-electron chi connectivity index (χ0n) is 16.0. The molecular weight excluding hydrogens is 398 g/mol. The molecule has 0 aromatic heterocycles. The lowest BCUT2D eigenvalue weighted by Crippen LogP contribution is -2.20. The van der Waals surface area contributed by atoms with E-state index in [0.29, 0.717) is 33.3 Å². The molecule has 1 fully saturated rings. The highest BCUT2D eigenvalue weighted by Crippen LogP contribution is 2.46. The number of rotatable bonds is 8. The van der Waals surface area contributed by atoms with Crippen molar-refractivity contribution in [3.8, 4) is 23.0 Å². The molecule has 0 atom stereocenters. The van der Waals surface area contributed by atoms with Crippen molar-refractivity contribution in [2.45, 2.75) is 4.58 Å². The summed E-state index contributed by atoms with van der Waals surface area (Å²) in [6.07, 6.45) is 0. The molecule has 2 aromatic carbocycles. The van der Waals surface area contributed by atoms with E-state index in [9.17, 15) is 4.79 Å². The van der Waals surface area contributed by atoms with E-state index in [-0.39, 0.29) is 12.5 Å². The lowest BCUT2D eigenvalue weighted by atomic mass is 10.2. The summed E-state index contributed by atoms with van der Waals surface area (Å²) in [6, 6.07) is 11.0. The number of hydrogen-bond donors (Lipinski definition) is 1. The Kier molecular flexibility index (Phi) is 7.22. The number of amides is 1. The van der Waals surface area contributed by atoms with Gasteiger partial charge in [0.2, 0.25) is 0 Å². The molecule has 1 aliphatic heterocycles. The molecule has 1 aliphatic rings. The summed E-state index contributed by atoms with van der Waals surface area (Å²) in [5.74, 6) is 4.35. The van der Waals surface area contributed by atoms with Gasteiger partial charge in [0, 0.05) is 17.6 Å². The van der Waals surface area contributed by atoms with Gasteiger partial charge in [-0.3, -0.25) is 4.79 Å². The van der Waals surface area contributed by atoms with Gasteiger partial charge in [-0.25, -0.2) is 0 Å². The molecule has 1 amide bonds. The van der Waals surface area contributed by atoms with E-state index in [1.807, 2.05) is 41.7 Å². The molecule has 0 unspecified atom stereocenters. The standard InChI is InChI=1S/C20H23NO5S2/c1-23-14-5-6-15(17(11-14)24-2)21-19(22)12-26-16-7-4-13(10-18(16)25-3)20-27-8-9-28-20/h4-7,10-11,20H,8-9,12H2,1-3H3,(H,21,22). The van der Waals surface area contributed by atoms with Crippen LogP contribution >= 0.6 is 23.5 Å². The van der Waals surface area contributed by atoms with E-state index in [1.54, 1.807) is 32.4 Å². The Hall–Kier alpha value is -2.19. The summed E-state index contributed by atoms with van der Waals surface area (Å²) in [6.45, 7) is -0.141. The number of ether oxygens (including phenoxy) is 4. The molecular formula is C20H23NO5S2. The molecule has 0 saturated carbocycles. The van der Waals surface area contributed by atoms with Crippen LogP contribution in [0, 0.1) is 0 Å². The molecule has 0 aliphatic carbocycles. The maximum atomic E-state index is 12.3. The highest BCUT2D eigenvalue weighted by atomic mass is 32.2. The fourth-order valence-corrected chi connectivity index (χ4v) is 5.57. The molecule has 150 valence electrons. The van der Waals surface area contributed by atoms with Crippen molar-refractivity contribution in [1.29, 1.82) is 0 Å². The lowest BCUT2D eigenvalue weighted by molar-refractivity contribution is -0.118. The van der Waals surface area contributed by atoms with Crippen LogP contribution in [0.3, 0.4) is 0 Å². The first-order valence-corrected chi connectivity index (χ1v) is 10.8. The molecule has 0 radical (unpaired) electrons. The van der Waals surface area contributed by atoms with Crippen LogP contribution in [0.2, 0.25) is 0 Å². The molecule has 1 N–H and O–H groups in total. The van der Waals surface area contributed by atoms with E-state index in [2.05, 4.69) is 5.32 Å². The van der Waals surface area contributed by atoms with Crippen molar-refractivity contribution in [2.75, 3.05) is 44.8 Å². The van der Waals surface area contributed by atoms with Crippen LogP contribution in [0.15, 0.2) is 36.4 Å². The predicted octanol–water partition coefficient (Wildman–Crippen LogP) is 4.21. The summed E-state index contributed by atoms with van der Waals surface area (Å²) >= 11 is 3.86. The van der Waals surface area contributed by atoms with Crippen molar-refractivity contribution < 1.29 is 23.7 Å². The van der Waals surface area contributed by atoms with Gasteiger partial charge in [0.25, 0.3) is 5.91 Å². The first kappa shape index (κ1) is 20.5. The molecule has 6 nitrogen and oxygen atoms in total. The van der Waals surface area contributed by atoms with Crippen LogP contribution in [0.1, 0.15) is 10.1 Å². The number of benzene rings is 2. The maximum absolute atomic E-state index is 12.3. The average Bonchev–Trinajstić information content (AvgIpc) is 3.27. The second-order valence-corrected chi connectivity index (χ2v) is 8.61. The van der Waals surface area contributed by atoms with Gasteiger partial charge in [-0.1, -0.05) is 6.07 Å². The zero-order chi connectivity index (χ0) is 19.9. The molecule has 1 heterocycles. The fraction of sp³-hybridized carbons (Fsp3) is 0.350. The normalized spacial score (nSPS) is 13.8. The van der Waals surface area contributed by atoms with E-state index >= 15 is 0 Å². The molecule has 8 heteroatoms.